The van der Waals surface area contributed by atoms with Gasteiger partial charge in [0.05, 0.1) is 17.2 Å². The average Bonchev–Trinajstić information content (AvgIpc) is 3.39. The molecule has 0 spiro atoms. The molecule has 4 aromatic rings. The summed E-state index contributed by atoms with van der Waals surface area (Å²) in [6.07, 6.45) is -6.28. The third-order valence-electron chi connectivity index (χ3n) is 5.32. The largest absolute Gasteiger partial charge is 0.416 e. The molecule has 0 saturated carbocycles. The van der Waals surface area contributed by atoms with E-state index in [0.29, 0.717) is 10.6 Å². The summed E-state index contributed by atoms with van der Waals surface area (Å²) in [6, 6.07) is 9.16. The number of nitrogens with one attached hydrogen (secondary N) is 1. The highest BCUT2D eigenvalue weighted by atomic mass is 35.5. The highest BCUT2D eigenvalue weighted by molar-refractivity contribution is 6.32. The molecule has 0 radical (unpaired) electrons. The molecule has 0 aliphatic carbocycles. The van der Waals surface area contributed by atoms with E-state index in [4.69, 9.17) is 23.2 Å². The Hall–Kier alpha value is -3.46. The molecule has 4 rings (SSSR count). The van der Waals surface area contributed by atoms with E-state index in [1.807, 2.05) is 0 Å². The number of aromatic nitrogens is 7. The highest BCUT2D eigenvalue weighted by Crippen LogP contribution is 2.25. The van der Waals surface area contributed by atoms with Crippen LogP contribution in [0.5, 0.6) is 0 Å². The molecule has 3 heterocycles. The lowest BCUT2D eigenvalue weighted by molar-refractivity contribution is -0.207. The Balaban J connectivity index is 1.76. The van der Waals surface area contributed by atoms with Crippen molar-refractivity contribution in [3.05, 3.63) is 68.9 Å². The van der Waals surface area contributed by atoms with Crippen LogP contribution in [0, 0.1) is 0 Å². The number of nitrogens with zero attached hydrogens (tertiary/aromatic N) is 7. The molecule has 208 valence electrons. The van der Waals surface area contributed by atoms with Gasteiger partial charge in [0.25, 0.3) is 0 Å². The minimum atomic E-state index is -4.96. The van der Waals surface area contributed by atoms with Gasteiger partial charge in [0.15, 0.2) is 23.6 Å². The SMILES string of the molecule is CC(C)(O)CNc1nc(Cn2nc(-c3ccc(Cl)cc3)n(C[C@H](O)C(F)(F)F)c2=O)nn1-c1ncccc1Cl. The second kappa shape index (κ2) is 11.0. The van der Waals surface area contributed by atoms with Gasteiger partial charge in [0.1, 0.15) is 6.54 Å². The van der Waals surface area contributed by atoms with Crippen molar-refractivity contribution >= 4 is 29.2 Å². The lowest BCUT2D eigenvalue weighted by Crippen LogP contribution is -2.37. The fourth-order valence-electron chi connectivity index (χ4n) is 3.44. The van der Waals surface area contributed by atoms with E-state index in [1.165, 1.54) is 35.1 Å². The first-order valence-electron chi connectivity index (χ1n) is 11.4. The van der Waals surface area contributed by atoms with Crippen molar-refractivity contribution in [2.45, 2.75) is 44.8 Å². The second-order valence-corrected chi connectivity index (χ2v) is 10.0. The van der Waals surface area contributed by atoms with Gasteiger partial charge in [0.2, 0.25) is 5.95 Å². The number of anilines is 1. The van der Waals surface area contributed by atoms with Gasteiger partial charge < -0.3 is 15.5 Å². The molecule has 0 unspecified atom stereocenters. The molecule has 0 aliphatic rings. The molecule has 0 aliphatic heterocycles. The van der Waals surface area contributed by atoms with Crippen LogP contribution in [0.4, 0.5) is 19.1 Å². The molecule has 0 fully saturated rings. The van der Waals surface area contributed by atoms with Crippen LogP contribution in [0.2, 0.25) is 10.0 Å². The van der Waals surface area contributed by atoms with Crippen LogP contribution in [-0.4, -0.2) is 68.7 Å². The van der Waals surface area contributed by atoms with Crippen molar-refractivity contribution in [2.75, 3.05) is 11.9 Å². The molecule has 1 aromatic carbocycles. The number of halogens is 5. The fraction of sp³-hybridized carbons (Fsp3) is 0.348. The van der Waals surface area contributed by atoms with Gasteiger partial charge in [-0.2, -0.15) is 22.8 Å². The highest BCUT2D eigenvalue weighted by Gasteiger charge is 2.39. The van der Waals surface area contributed by atoms with Gasteiger partial charge in [-0.1, -0.05) is 23.2 Å². The van der Waals surface area contributed by atoms with Gasteiger partial charge in [-0.25, -0.2) is 14.5 Å². The number of alkyl halides is 3. The van der Waals surface area contributed by atoms with E-state index in [0.717, 1.165) is 9.25 Å². The van der Waals surface area contributed by atoms with Crippen molar-refractivity contribution in [1.29, 1.82) is 0 Å². The van der Waals surface area contributed by atoms with Gasteiger partial charge in [-0.15, -0.1) is 10.2 Å². The fourth-order valence-corrected chi connectivity index (χ4v) is 3.77. The predicted molar refractivity (Wildman–Crippen MR) is 137 cm³/mol. The third-order valence-corrected chi connectivity index (χ3v) is 5.87. The molecule has 3 aromatic heterocycles. The van der Waals surface area contributed by atoms with Crippen LogP contribution in [-0.2, 0) is 13.1 Å². The summed E-state index contributed by atoms with van der Waals surface area (Å²) >= 11 is 12.2. The van der Waals surface area contributed by atoms with E-state index >= 15 is 0 Å². The van der Waals surface area contributed by atoms with Crippen LogP contribution in [0.1, 0.15) is 19.7 Å². The summed E-state index contributed by atoms with van der Waals surface area (Å²) in [6.45, 7) is 1.80. The maximum Gasteiger partial charge on any atom is 0.416 e. The first kappa shape index (κ1) is 28.5. The Morgan fingerprint density at radius 2 is 1.79 bits per heavy atom. The first-order valence-corrected chi connectivity index (χ1v) is 12.2. The smallest absolute Gasteiger partial charge is 0.389 e. The number of benzene rings is 1. The number of pyridine rings is 1. The van der Waals surface area contributed by atoms with Crippen LogP contribution < -0.4 is 11.0 Å². The third kappa shape index (κ3) is 6.76. The van der Waals surface area contributed by atoms with Gasteiger partial charge >= 0.3 is 11.9 Å². The first-order chi connectivity index (χ1) is 18.2. The van der Waals surface area contributed by atoms with E-state index in [9.17, 15) is 28.2 Å². The molecule has 0 saturated heterocycles. The zero-order chi connectivity index (χ0) is 28.5. The summed E-state index contributed by atoms with van der Waals surface area (Å²) in [4.78, 5) is 21.8. The van der Waals surface area contributed by atoms with Crippen molar-refractivity contribution in [3.63, 3.8) is 0 Å². The quantitative estimate of drug-likeness (QED) is 0.272. The molecule has 0 bridgehead atoms. The van der Waals surface area contributed by atoms with Gasteiger partial charge in [0, 0.05) is 23.3 Å². The summed E-state index contributed by atoms with van der Waals surface area (Å²) in [5.41, 5.74) is -1.75. The molecule has 3 N–H and O–H groups in total. The van der Waals surface area contributed by atoms with Crippen molar-refractivity contribution in [2.24, 2.45) is 0 Å². The molecular formula is C23H23Cl2F3N8O3. The van der Waals surface area contributed by atoms with Crippen LogP contribution in [0.25, 0.3) is 17.2 Å². The Kier molecular flexibility index (Phi) is 8.02. The molecule has 1 atom stereocenters. The minimum absolute atomic E-state index is 0.0424. The second-order valence-electron chi connectivity index (χ2n) is 9.18. The Labute approximate surface area is 229 Å². The number of hydrogen-bond acceptors (Lipinski definition) is 8. The van der Waals surface area contributed by atoms with Crippen molar-refractivity contribution < 1.29 is 23.4 Å². The topological polar surface area (TPSA) is 136 Å². The summed E-state index contributed by atoms with van der Waals surface area (Å²) in [5, 5.41) is 31.9. The van der Waals surface area contributed by atoms with Crippen LogP contribution >= 0.6 is 23.2 Å². The minimum Gasteiger partial charge on any atom is -0.389 e. The van der Waals surface area contributed by atoms with E-state index in [-0.39, 0.29) is 41.5 Å². The number of aliphatic hydroxyl groups excluding tert-OH is 1. The molecule has 0 amide bonds. The zero-order valence-electron chi connectivity index (χ0n) is 20.6. The molecule has 16 heteroatoms. The number of rotatable bonds is 9. The van der Waals surface area contributed by atoms with Crippen molar-refractivity contribution in [3.8, 4) is 17.2 Å². The maximum absolute atomic E-state index is 13.2. The molecule has 11 nitrogen and oxygen atoms in total. The molecular weight excluding hydrogens is 564 g/mol. The van der Waals surface area contributed by atoms with E-state index < -0.39 is 30.1 Å². The standard InChI is InChI=1S/C23H23Cl2F3N8O3/c1-22(2,39)12-30-20-31-17(32-36(20)19-15(25)4-3-9-29-19)11-35-21(38)34(10-16(37)23(26,27)28)18(33-35)13-5-7-14(24)8-6-13/h3-9,16,37,39H,10-12H2,1-2H3,(H,30,31,32)/t16-/m0/s1. The van der Waals surface area contributed by atoms with Gasteiger partial charge in [-0.05, 0) is 50.2 Å². The van der Waals surface area contributed by atoms with Crippen molar-refractivity contribution in [1.82, 2.24) is 34.1 Å². The van der Waals surface area contributed by atoms with Crippen LogP contribution in [0.3, 0.4) is 0 Å². The summed E-state index contributed by atoms with van der Waals surface area (Å²) in [7, 11) is 0. The maximum atomic E-state index is 13.2. The lowest BCUT2D eigenvalue weighted by Gasteiger charge is -2.18. The monoisotopic (exact) mass is 586 g/mol. The summed E-state index contributed by atoms with van der Waals surface area (Å²) < 4.78 is 42.3. The number of aliphatic hydroxyl groups is 2. The normalized spacial score (nSPS) is 13.1. The Morgan fingerprint density at radius 3 is 2.41 bits per heavy atom. The Morgan fingerprint density at radius 1 is 1.10 bits per heavy atom. The van der Waals surface area contributed by atoms with E-state index in [2.05, 4.69) is 25.5 Å². The van der Waals surface area contributed by atoms with Gasteiger partial charge in [-0.3, -0.25) is 4.57 Å². The zero-order valence-corrected chi connectivity index (χ0v) is 22.1. The number of hydrogen-bond donors (Lipinski definition) is 3. The van der Waals surface area contributed by atoms with E-state index in [1.54, 1.807) is 26.0 Å². The molecule has 39 heavy (non-hydrogen) atoms. The average molecular weight is 587 g/mol. The Bertz CT molecular complexity index is 1510. The summed E-state index contributed by atoms with van der Waals surface area (Å²) in [5.74, 6) is 0.281. The lowest BCUT2D eigenvalue weighted by atomic mass is 10.1. The van der Waals surface area contributed by atoms with Crippen LogP contribution in [0.15, 0.2) is 47.4 Å². The predicted octanol–water partition coefficient (Wildman–Crippen LogP) is 3.15.